The molecule has 1 rings (SSSR count). The van der Waals surface area contributed by atoms with Crippen LogP contribution in [0.5, 0.6) is 0 Å². The van der Waals surface area contributed by atoms with E-state index in [-0.39, 0.29) is 17.9 Å². The molecular formula is C13H24N2O4. The van der Waals surface area contributed by atoms with Gasteiger partial charge in [-0.05, 0) is 33.2 Å². The Labute approximate surface area is 114 Å². The summed E-state index contributed by atoms with van der Waals surface area (Å²) in [5.41, 5.74) is 0. The van der Waals surface area contributed by atoms with Gasteiger partial charge in [-0.15, -0.1) is 0 Å². The van der Waals surface area contributed by atoms with Gasteiger partial charge in [0.25, 0.3) is 0 Å². The largest absolute Gasteiger partial charge is 0.481 e. The Balaban J connectivity index is 2.29. The fourth-order valence-electron chi connectivity index (χ4n) is 2.19. The molecule has 6 heteroatoms. The van der Waals surface area contributed by atoms with Crippen LogP contribution in [0.1, 0.15) is 26.2 Å². The molecule has 6 nitrogen and oxygen atoms in total. The lowest BCUT2D eigenvalue weighted by molar-refractivity contribution is -0.145. The highest BCUT2D eigenvalue weighted by atomic mass is 16.4. The molecule has 1 fully saturated rings. The molecule has 1 saturated heterocycles. The lowest BCUT2D eigenvalue weighted by atomic mass is 9.97. The van der Waals surface area contributed by atoms with Crippen molar-refractivity contribution in [2.75, 3.05) is 33.2 Å². The molecule has 0 bridgehead atoms. The number of amides is 1. The normalized spacial score (nSPS) is 18.6. The first-order valence-electron chi connectivity index (χ1n) is 6.77. The Bertz CT molecular complexity index is 312. The molecule has 0 aromatic rings. The fraction of sp³-hybridized carbons (Fsp3) is 0.846. The van der Waals surface area contributed by atoms with Gasteiger partial charge in [-0.3, -0.25) is 14.5 Å². The maximum atomic E-state index is 12.0. The number of aliphatic hydroxyl groups is 1. The van der Waals surface area contributed by atoms with Crippen LogP contribution in [0.2, 0.25) is 0 Å². The third-order valence-corrected chi connectivity index (χ3v) is 3.53. The zero-order valence-corrected chi connectivity index (χ0v) is 11.7. The number of carboxylic acid groups (broad SMARTS) is 1. The number of aliphatic hydroxyl groups excluding tert-OH is 1. The topological polar surface area (TPSA) is 81.1 Å². The maximum absolute atomic E-state index is 12.0. The number of carboxylic acids is 1. The van der Waals surface area contributed by atoms with Crippen LogP contribution < -0.4 is 0 Å². The number of likely N-dealkylation sites (N-methyl/N-ethyl adjacent to an activating group) is 1. The maximum Gasteiger partial charge on any atom is 0.306 e. The van der Waals surface area contributed by atoms with E-state index in [0.717, 1.165) is 0 Å². The summed E-state index contributed by atoms with van der Waals surface area (Å²) >= 11 is 0. The van der Waals surface area contributed by atoms with Gasteiger partial charge >= 0.3 is 5.97 Å². The lowest BCUT2D eigenvalue weighted by Gasteiger charge is -2.31. The van der Waals surface area contributed by atoms with Gasteiger partial charge in [0.05, 0.1) is 18.6 Å². The average Bonchev–Trinajstić information content (AvgIpc) is 2.36. The first-order chi connectivity index (χ1) is 8.90. The van der Waals surface area contributed by atoms with Crippen molar-refractivity contribution in [2.45, 2.75) is 32.3 Å². The fourth-order valence-corrected chi connectivity index (χ4v) is 2.19. The van der Waals surface area contributed by atoms with E-state index in [4.69, 9.17) is 5.11 Å². The molecule has 19 heavy (non-hydrogen) atoms. The monoisotopic (exact) mass is 272 g/mol. The van der Waals surface area contributed by atoms with Gasteiger partial charge in [0.2, 0.25) is 5.91 Å². The number of carbonyl (C=O) groups excluding carboxylic acids is 1. The first-order valence-corrected chi connectivity index (χ1v) is 6.77. The molecule has 0 spiro atoms. The Morgan fingerprint density at radius 1 is 1.37 bits per heavy atom. The van der Waals surface area contributed by atoms with Gasteiger partial charge in [-0.1, -0.05) is 0 Å². The number of hydrogen-bond acceptors (Lipinski definition) is 4. The van der Waals surface area contributed by atoms with E-state index in [0.29, 0.717) is 45.4 Å². The van der Waals surface area contributed by atoms with Crippen LogP contribution in [0.15, 0.2) is 0 Å². The number of likely N-dealkylation sites (tertiary alicyclic amines) is 1. The molecule has 0 aromatic heterocycles. The van der Waals surface area contributed by atoms with Crippen LogP contribution in [0.25, 0.3) is 0 Å². The van der Waals surface area contributed by atoms with Crippen LogP contribution >= 0.6 is 0 Å². The number of carbonyl (C=O) groups is 2. The minimum absolute atomic E-state index is 0.0388. The van der Waals surface area contributed by atoms with E-state index >= 15 is 0 Å². The van der Waals surface area contributed by atoms with Gasteiger partial charge in [0, 0.05) is 19.6 Å². The van der Waals surface area contributed by atoms with Crippen LogP contribution in [-0.4, -0.2) is 71.2 Å². The van der Waals surface area contributed by atoms with E-state index in [1.807, 2.05) is 11.9 Å². The highest BCUT2D eigenvalue weighted by Crippen LogP contribution is 2.17. The van der Waals surface area contributed by atoms with Crippen LogP contribution in [0.3, 0.4) is 0 Å². The minimum atomic E-state index is -0.763. The van der Waals surface area contributed by atoms with Gasteiger partial charge in [-0.2, -0.15) is 0 Å². The zero-order valence-electron chi connectivity index (χ0n) is 11.7. The molecule has 0 radical (unpaired) electrons. The second kappa shape index (κ2) is 7.45. The van der Waals surface area contributed by atoms with Crippen molar-refractivity contribution in [3.63, 3.8) is 0 Å². The summed E-state index contributed by atoms with van der Waals surface area (Å²) in [4.78, 5) is 26.4. The molecule has 0 saturated carbocycles. The summed E-state index contributed by atoms with van der Waals surface area (Å²) in [6.45, 7) is 3.78. The highest BCUT2D eigenvalue weighted by Gasteiger charge is 2.27. The van der Waals surface area contributed by atoms with Crippen LogP contribution in [0.4, 0.5) is 0 Å². The molecule has 1 unspecified atom stereocenters. The van der Waals surface area contributed by atoms with E-state index in [2.05, 4.69) is 0 Å². The SMILES string of the molecule is CC(O)CCN(C)CC(=O)N1CCC(C(=O)O)CC1. The van der Waals surface area contributed by atoms with Crippen LogP contribution in [-0.2, 0) is 9.59 Å². The number of piperidine rings is 1. The number of nitrogens with zero attached hydrogens (tertiary/aromatic N) is 2. The molecule has 1 atom stereocenters. The average molecular weight is 272 g/mol. The van der Waals surface area contributed by atoms with E-state index < -0.39 is 5.97 Å². The molecule has 1 aliphatic rings. The van der Waals surface area contributed by atoms with Crippen molar-refractivity contribution in [3.05, 3.63) is 0 Å². The van der Waals surface area contributed by atoms with Gasteiger partial charge in [0.1, 0.15) is 0 Å². The van der Waals surface area contributed by atoms with Crippen molar-refractivity contribution in [2.24, 2.45) is 5.92 Å². The van der Waals surface area contributed by atoms with E-state index in [9.17, 15) is 14.7 Å². The summed E-state index contributed by atoms with van der Waals surface area (Å²) in [6, 6.07) is 0. The summed E-state index contributed by atoms with van der Waals surface area (Å²) in [6.07, 6.45) is 1.37. The second-order valence-corrected chi connectivity index (χ2v) is 5.37. The van der Waals surface area contributed by atoms with Gasteiger partial charge in [0.15, 0.2) is 0 Å². The Kier molecular flexibility index (Phi) is 6.24. The molecular weight excluding hydrogens is 248 g/mol. The molecule has 110 valence electrons. The minimum Gasteiger partial charge on any atom is -0.481 e. The van der Waals surface area contributed by atoms with Gasteiger partial charge in [-0.25, -0.2) is 0 Å². The molecule has 0 aromatic carbocycles. The molecule has 1 aliphatic heterocycles. The summed E-state index contributed by atoms with van der Waals surface area (Å²) in [7, 11) is 1.85. The zero-order chi connectivity index (χ0) is 14.4. The van der Waals surface area contributed by atoms with Gasteiger partial charge < -0.3 is 15.1 Å². The van der Waals surface area contributed by atoms with Crippen molar-refractivity contribution in [3.8, 4) is 0 Å². The predicted octanol–water partition coefficient (Wildman–Crippen LogP) is 0.0123. The smallest absolute Gasteiger partial charge is 0.306 e. The number of rotatable bonds is 6. The summed E-state index contributed by atoms with van der Waals surface area (Å²) in [5.74, 6) is -1.03. The first kappa shape index (κ1) is 15.9. The summed E-state index contributed by atoms with van der Waals surface area (Å²) < 4.78 is 0. The Morgan fingerprint density at radius 2 is 1.95 bits per heavy atom. The summed E-state index contributed by atoms with van der Waals surface area (Å²) in [5, 5.41) is 18.1. The molecule has 2 N–H and O–H groups in total. The quantitative estimate of drug-likeness (QED) is 0.712. The van der Waals surface area contributed by atoms with E-state index in [1.54, 1.807) is 11.8 Å². The third-order valence-electron chi connectivity index (χ3n) is 3.53. The Morgan fingerprint density at radius 3 is 2.42 bits per heavy atom. The Hall–Kier alpha value is -1.14. The molecule has 1 heterocycles. The molecule has 1 amide bonds. The second-order valence-electron chi connectivity index (χ2n) is 5.37. The standard InChI is InChI=1S/C13H24N2O4/c1-10(16)3-6-14(2)9-12(17)15-7-4-11(5-8-15)13(18)19/h10-11,16H,3-9H2,1-2H3,(H,18,19). The number of hydrogen-bond donors (Lipinski definition) is 2. The van der Waals surface area contributed by atoms with E-state index in [1.165, 1.54) is 0 Å². The third kappa shape index (κ3) is 5.57. The van der Waals surface area contributed by atoms with Crippen molar-refractivity contribution in [1.29, 1.82) is 0 Å². The molecule has 0 aliphatic carbocycles. The van der Waals surface area contributed by atoms with Crippen molar-refractivity contribution >= 4 is 11.9 Å². The predicted molar refractivity (Wildman–Crippen MR) is 70.7 cm³/mol. The lowest BCUT2D eigenvalue weighted by Crippen LogP contribution is -2.44. The van der Waals surface area contributed by atoms with Crippen LogP contribution in [0, 0.1) is 5.92 Å². The van der Waals surface area contributed by atoms with Crippen molar-refractivity contribution in [1.82, 2.24) is 9.80 Å². The van der Waals surface area contributed by atoms with Crippen molar-refractivity contribution < 1.29 is 19.8 Å². The number of aliphatic carboxylic acids is 1. The highest BCUT2D eigenvalue weighted by molar-refractivity contribution is 5.78.